The molecule has 3 rings (SSSR count). The van der Waals surface area contributed by atoms with Crippen LogP contribution < -0.4 is 5.32 Å². The number of rotatable bonds is 5. The van der Waals surface area contributed by atoms with E-state index in [0.29, 0.717) is 0 Å². The molecule has 2 aromatic heterocycles. The van der Waals surface area contributed by atoms with Crippen molar-refractivity contribution in [3.8, 4) is 5.95 Å². The third kappa shape index (κ3) is 4.27. The number of carbonyl (C=O) groups is 1. The lowest BCUT2D eigenvalue weighted by atomic mass is 10.2. The average Bonchev–Trinajstić information content (AvgIpc) is 3.08. The van der Waals surface area contributed by atoms with Gasteiger partial charge in [-0.1, -0.05) is 6.07 Å². The molecular weight excluding hydrogens is 375 g/mol. The number of aromatic nitrogens is 4. The monoisotopic (exact) mass is 391 g/mol. The van der Waals surface area contributed by atoms with Crippen molar-refractivity contribution in [3.63, 3.8) is 0 Å². The lowest BCUT2D eigenvalue weighted by Crippen LogP contribution is -2.13. The summed E-state index contributed by atoms with van der Waals surface area (Å²) in [6.45, 7) is 3.60. The summed E-state index contributed by atoms with van der Waals surface area (Å²) in [5, 5.41) is 6.84. The van der Waals surface area contributed by atoms with Crippen molar-refractivity contribution in [2.45, 2.75) is 20.0 Å². The van der Waals surface area contributed by atoms with Gasteiger partial charge in [0.25, 0.3) is 5.95 Å². The summed E-state index contributed by atoms with van der Waals surface area (Å²) in [7, 11) is 0. The van der Waals surface area contributed by atoms with Crippen molar-refractivity contribution in [2.75, 3.05) is 11.9 Å². The fraction of sp³-hybridized carbons (Fsp3) is 0.222. The number of benzene rings is 1. The van der Waals surface area contributed by atoms with E-state index in [1.807, 2.05) is 6.92 Å². The minimum atomic E-state index is -4.49. The molecule has 0 spiro atoms. The van der Waals surface area contributed by atoms with Crippen LogP contribution in [0.1, 0.15) is 28.4 Å². The Hall–Kier alpha value is -3.43. The maximum atomic E-state index is 13.0. The Morgan fingerprint density at radius 3 is 2.71 bits per heavy atom. The quantitative estimate of drug-likeness (QED) is 0.664. The number of hydrogen-bond acceptors (Lipinski definition) is 6. The van der Waals surface area contributed by atoms with Crippen LogP contribution in [0.5, 0.6) is 0 Å². The third-order valence-electron chi connectivity index (χ3n) is 3.64. The van der Waals surface area contributed by atoms with Crippen molar-refractivity contribution in [3.05, 3.63) is 59.5 Å². The Morgan fingerprint density at radius 2 is 2.07 bits per heavy atom. The predicted molar refractivity (Wildman–Crippen MR) is 94.6 cm³/mol. The molecule has 28 heavy (non-hydrogen) atoms. The first-order valence-electron chi connectivity index (χ1n) is 8.28. The lowest BCUT2D eigenvalue weighted by molar-refractivity contribution is -0.137. The number of carbonyl (C=O) groups excluding carboxylic acids is 1. The normalized spacial score (nSPS) is 11.3. The molecular formula is C18H16F3N5O2. The first-order valence-corrected chi connectivity index (χ1v) is 8.28. The molecule has 0 atom stereocenters. The summed E-state index contributed by atoms with van der Waals surface area (Å²) in [6, 6.07) is 4.57. The molecule has 1 N–H and O–H groups in total. The molecule has 2 heterocycles. The van der Waals surface area contributed by atoms with Gasteiger partial charge in [0.2, 0.25) is 0 Å². The molecule has 146 valence electrons. The molecule has 1 aromatic carbocycles. The largest absolute Gasteiger partial charge is 0.462 e. The summed E-state index contributed by atoms with van der Waals surface area (Å²) < 4.78 is 45.3. The Morgan fingerprint density at radius 1 is 1.29 bits per heavy atom. The zero-order valence-electron chi connectivity index (χ0n) is 15.0. The summed E-state index contributed by atoms with van der Waals surface area (Å²) >= 11 is 0. The number of hydrogen-bond donors (Lipinski definition) is 1. The van der Waals surface area contributed by atoms with Crippen molar-refractivity contribution >= 4 is 17.5 Å². The standard InChI is InChI=1S/C18H16F3N5O2/c1-3-28-16(27)14-9-22-17(26-10-11(2)8-23-26)25-15(14)24-13-6-4-5-12(7-13)18(19,20)21/h4-10H,3H2,1-2H3,(H,22,24,25). The van der Waals surface area contributed by atoms with Gasteiger partial charge in [-0.3, -0.25) is 0 Å². The van der Waals surface area contributed by atoms with Gasteiger partial charge in [0.15, 0.2) is 5.82 Å². The van der Waals surface area contributed by atoms with Gasteiger partial charge in [-0.2, -0.15) is 23.3 Å². The zero-order chi connectivity index (χ0) is 20.3. The molecule has 0 aliphatic heterocycles. The van der Waals surface area contributed by atoms with Crippen LogP contribution in [0.25, 0.3) is 5.95 Å². The fourth-order valence-corrected chi connectivity index (χ4v) is 2.37. The second-order valence-electron chi connectivity index (χ2n) is 5.82. The van der Waals surface area contributed by atoms with Gasteiger partial charge in [0.1, 0.15) is 5.56 Å². The molecule has 0 bridgehead atoms. The molecule has 0 aliphatic rings. The van der Waals surface area contributed by atoms with E-state index in [1.165, 1.54) is 23.0 Å². The van der Waals surface area contributed by atoms with Gasteiger partial charge in [0, 0.05) is 18.1 Å². The zero-order valence-corrected chi connectivity index (χ0v) is 15.0. The first kappa shape index (κ1) is 19.3. The molecule has 0 unspecified atom stereocenters. The highest BCUT2D eigenvalue weighted by Gasteiger charge is 2.30. The van der Waals surface area contributed by atoms with E-state index < -0.39 is 17.7 Å². The summed E-state index contributed by atoms with van der Waals surface area (Å²) in [5.41, 5.74) is 0.145. The number of anilines is 2. The minimum absolute atomic E-state index is 0.00751. The van der Waals surface area contributed by atoms with Crippen molar-refractivity contribution < 1.29 is 22.7 Å². The number of alkyl halides is 3. The van der Waals surface area contributed by atoms with E-state index in [-0.39, 0.29) is 29.6 Å². The van der Waals surface area contributed by atoms with Crippen molar-refractivity contribution in [1.82, 2.24) is 19.7 Å². The van der Waals surface area contributed by atoms with Crippen LogP contribution in [0.2, 0.25) is 0 Å². The average molecular weight is 391 g/mol. The van der Waals surface area contributed by atoms with Crippen LogP contribution in [0.4, 0.5) is 24.7 Å². The number of esters is 1. The summed E-state index contributed by atoms with van der Waals surface area (Å²) in [6.07, 6.45) is 0.0221. The maximum Gasteiger partial charge on any atom is 0.416 e. The maximum absolute atomic E-state index is 13.0. The van der Waals surface area contributed by atoms with E-state index in [0.717, 1.165) is 17.7 Å². The Bertz CT molecular complexity index is 1000. The minimum Gasteiger partial charge on any atom is -0.462 e. The van der Waals surface area contributed by atoms with Crippen LogP contribution in [0.15, 0.2) is 42.9 Å². The SMILES string of the molecule is CCOC(=O)c1cnc(-n2cc(C)cn2)nc1Nc1cccc(C(F)(F)F)c1. The fourth-order valence-electron chi connectivity index (χ4n) is 2.37. The lowest BCUT2D eigenvalue weighted by Gasteiger charge is -2.13. The highest BCUT2D eigenvalue weighted by atomic mass is 19.4. The van der Waals surface area contributed by atoms with Gasteiger partial charge in [-0.25, -0.2) is 14.5 Å². The number of nitrogens with one attached hydrogen (secondary N) is 1. The topological polar surface area (TPSA) is 81.9 Å². The van der Waals surface area contributed by atoms with E-state index in [2.05, 4.69) is 20.4 Å². The first-order chi connectivity index (χ1) is 13.3. The van der Waals surface area contributed by atoms with Crippen molar-refractivity contribution in [1.29, 1.82) is 0 Å². The molecule has 0 radical (unpaired) electrons. The Kier molecular flexibility index (Phi) is 5.30. The highest BCUT2D eigenvalue weighted by molar-refractivity contribution is 5.95. The molecule has 0 amide bonds. The molecule has 3 aromatic rings. The molecule has 0 fully saturated rings. The van der Waals surface area contributed by atoms with E-state index in [4.69, 9.17) is 4.74 Å². The van der Waals surface area contributed by atoms with E-state index in [1.54, 1.807) is 19.3 Å². The van der Waals surface area contributed by atoms with Crippen LogP contribution in [-0.4, -0.2) is 32.3 Å². The Labute approximate surface area is 158 Å². The number of aryl methyl sites for hydroxylation is 1. The van der Waals surface area contributed by atoms with E-state index in [9.17, 15) is 18.0 Å². The number of ether oxygens (including phenoxy) is 1. The van der Waals surface area contributed by atoms with Crippen molar-refractivity contribution in [2.24, 2.45) is 0 Å². The predicted octanol–water partition coefficient (Wildman–Crippen LogP) is 3.91. The van der Waals surface area contributed by atoms with Gasteiger partial charge in [0.05, 0.1) is 18.4 Å². The Balaban J connectivity index is 2.02. The van der Waals surface area contributed by atoms with Gasteiger partial charge in [-0.15, -0.1) is 0 Å². The summed E-state index contributed by atoms with van der Waals surface area (Å²) in [4.78, 5) is 20.5. The number of halogens is 3. The van der Waals surface area contributed by atoms with Gasteiger partial charge < -0.3 is 10.1 Å². The molecule has 10 heteroatoms. The molecule has 0 saturated heterocycles. The summed E-state index contributed by atoms with van der Waals surface area (Å²) in [5.74, 6) is -0.535. The van der Waals surface area contributed by atoms with E-state index >= 15 is 0 Å². The smallest absolute Gasteiger partial charge is 0.416 e. The molecule has 7 nitrogen and oxygen atoms in total. The van der Waals surface area contributed by atoms with Crippen LogP contribution >= 0.6 is 0 Å². The molecule has 0 saturated carbocycles. The number of nitrogens with zero attached hydrogens (tertiary/aromatic N) is 4. The van der Waals surface area contributed by atoms with Gasteiger partial charge >= 0.3 is 12.1 Å². The molecule has 0 aliphatic carbocycles. The second kappa shape index (κ2) is 7.67. The second-order valence-corrected chi connectivity index (χ2v) is 5.82. The van der Waals surface area contributed by atoms with Crippen LogP contribution in [0.3, 0.4) is 0 Å². The van der Waals surface area contributed by atoms with Crippen LogP contribution in [-0.2, 0) is 10.9 Å². The highest BCUT2D eigenvalue weighted by Crippen LogP contribution is 2.31. The van der Waals surface area contributed by atoms with Crippen LogP contribution in [0, 0.1) is 6.92 Å². The third-order valence-corrected chi connectivity index (χ3v) is 3.64. The van der Waals surface area contributed by atoms with Gasteiger partial charge in [-0.05, 0) is 37.6 Å².